The molecule has 1 atom stereocenters. The van der Waals surface area contributed by atoms with Crippen molar-refractivity contribution >= 4 is 18.6 Å². The van der Waals surface area contributed by atoms with Gasteiger partial charge in [0.2, 0.25) is 0 Å². The Hall–Kier alpha value is -1.17. The van der Waals surface area contributed by atoms with E-state index in [9.17, 15) is 18.0 Å². The minimum Gasteiger partial charge on any atom is -0.481 e. The molecule has 0 aliphatic rings. The quantitative estimate of drug-likeness (QED) is 0.809. The van der Waals surface area contributed by atoms with E-state index in [1.54, 1.807) is 0 Å². The lowest BCUT2D eigenvalue weighted by molar-refractivity contribution is -0.141. The first kappa shape index (κ1) is 12.9. The lowest BCUT2D eigenvalue weighted by Crippen LogP contribution is -2.18. The highest BCUT2D eigenvalue weighted by Crippen LogP contribution is 2.35. The molecule has 88 valence electrons. The normalized spacial score (nSPS) is 13.5. The Labute approximate surface area is 95.5 Å². The van der Waals surface area contributed by atoms with Crippen molar-refractivity contribution in [2.24, 2.45) is 0 Å². The van der Waals surface area contributed by atoms with E-state index in [0.29, 0.717) is 0 Å². The summed E-state index contributed by atoms with van der Waals surface area (Å²) in [6.07, 6.45) is -4.55. The van der Waals surface area contributed by atoms with Crippen LogP contribution in [0.25, 0.3) is 0 Å². The summed E-state index contributed by atoms with van der Waals surface area (Å²) in [4.78, 5) is 10.8. The van der Waals surface area contributed by atoms with Crippen LogP contribution in [0.2, 0.25) is 0 Å². The van der Waals surface area contributed by atoms with Crippen LogP contribution in [0.5, 0.6) is 0 Å². The number of hydrogen-bond acceptors (Lipinski definition) is 2. The maximum Gasteiger partial charge on any atom is 0.416 e. The monoisotopic (exact) mass is 250 g/mol. The largest absolute Gasteiger partial charge is 0.481 e. The molecule has 0 bridgehead atoms. The van der Waals surface area contributed by atoms with E-state index in [-0.39, 0.29) is 11.3 Å². The number of thiol groups is 1. The number of benzene rings is 1. The molecule has 16 heavy (non-hydrogen) atoms. The zero-order chi connectivity index (χ0) is 12.3. The molecule has 1 unspecified atom stereocenters. The number of rotatable bonds is 3. The molecule has 0 heterocycles. The minimum absolute atomic E-state index is 0.178. The summed E-state index contributed by atoms with van der Waals surface area (Å²) in [5.74, 6) is -2.74. The molecule has 0 radical (unpaired) electrons. The SMILES string of the molecule is O=C(O)C(CS)c1ccccc1C(F)(F)F. The highest BCUT2D eigenvalue weighted by molar-refractivity contribution is 7.80. The van der Waals surface area contributed by atoms with Gasteiger partial charge in [0.1, 0.15) is 0 Å². The molecule has 0 aliphatic carbocycles. The summed E-state index contributed by atoms with van der Waals surface area (Å²) in [6.45, 7) is 0. The van der Waals surface area contributed by atoms with Gasteiger partial charge in [-0.2, -0.15) is 25.8 Å². The summed E-state index contributed by atoms with van der Waals surface area (Å²) in [7, 11) is 0. The number of hydrogen-bond donors (Lipinski definition) is 2. The zero-order valence-corrected chi connectivity index (χ0v) is 8.92. The van der Waals surface area contributed by atoms with Crippen molar-refractivity contribution in [1.29, 1.82) is 0 Å². The van der Waals surface area contributed by atoms with Crippen molar-refractivity contribution < 1.29 is 23.1 Å². The van der Waals surface area contributed by atoms with Crippen molar-refractivity contribution in [3.8, 4) is 0 Å². The summed E-state index contributed by atoms with van der Waals surface area (Å²) >= 11 is 3.76. The Kier molecular flexibility index (Phi) is 3.85. The second-order valence-electron chi connectivity index (χ2n) is 3.16. The van der Waals surface area contributed by atoms with Gasteiger partial charge >= 0.3 is 12.1 Å². The van der Waals surface area contributed by atoms with E-state index in [1.807, 2.05) is 0 Å². The minimum atomic E-state index is -4.55. The Bertz CT molecular complexity index is 390. The molecule has 1 rings (SSSR count). The molecular weight excluding hydrogens is 241 g/mol. The van der Waals surface area contributed by atoms with Crippen LogP contribution in [-0.4, -0.2) is 16.8 Å². The van der Waals surface area contributed by atoms with Crippen LogP contribution in [-0.2, 0) is 11.0 Å². The van der Waals surface area contributed by atoms with Crippen molar-refractivity contribution in [3.05, 3.63) is 35.4 Å². The Morgan fingerprint density at radius 2 is 1.94 bits per heavy atom. The first-order chi connectivity index (χ1) is 7.38. The summed E-state index contributed by atoms with van der Waals surface area (Å²) in [5.41, 5.74) is -1.17. The Morgan fingerprint density at radius 1 is 1.38 bits per heavy atom. The lowest BCUT2D eigenvalue weighted by atomic mass is 9.95. The predicted octanol–water partition coefficient (Wildman–Crippen LogP) is 2.80. The van der Waals surface area contributed by atoms with Gasteiger partial charge in [0.05, 0.1) is 11.5 Å². The molecule has 0 saturated carbocycles. The number of halogens is 3. The molecule has 6 heteroatoms. The van der Waals surface area contributed by atoms with E-state index in [4.69, 9.17) is 5.11 Å². The van der Waals surface area contributed by atoms with Gasteiger partial charge in [-0.25, -0.2) is 0 Å². The first-order valence-corrected chi connectivity index (χ1v) is 5.01. The van der Waals surface area contributed by atoms with Crippen LogP contribution in [0.15, 0.2) is 24.3 Å². The van der Waals surface area contributed by atoms with E-state index >= 15 is 0 Å². The number of carboxylic acid groups (broad SMARTS) is 1. The first-order valence-electron chi connectivity index (χ1n) is 4.37. The molecule has 1 aromatic rings. The summed E-state index contributed by atoms with van der Waals surface area (Å²) < 4.78 is 37.8. The highest BCUT2D eigenvalue weighted by atomic mass is 32.1. The molecule has 0 fully saturated rings. The second kappa shape index (κ2) is 4.78. The van der Waals surface area contributed by atoms with Crippen LogP contribution in [0, 0.1) is 0 Å². The van der Waals surface area contributed by atoms with Crippen molar-refractivity contribution in [2.45, 2.75) is 12.1 Å². The molecule has 0 aliphatic heterocycles. The molecule has 0 spiro atoms. The number of carbonyl (C=O) groups is 1. The highest BCUT2D eigenvalue weighted by Gasteiger charge is 2.36. The molecule has 0 aromatic heterocycles. The zero-order valence-electron chi connectivity index (χ0n) is 8.03. The molecule has 1 N–H and O–H groups in total. The standard InChI is InChI=1S/C10H9F3O2S/c11-10(12,13)8-4-2-1-3-6(8)7(5-16)9(14)15/h1-4,7,16H,5H2,(H,14,15). The smallest absolute Gasteiger partial charge is 0.416 e. The maximum absolute atomic E-state index is 12.6. The topological polar surface area (TPSA) is 37.3 Å². The Morgan fingerprint density at radius 3 is 2.38 bits per heavy atom. The van der Waals surface area contributed by atoms with Gasteiger partial charge in [-0.05, 0) is 11.6 Å². The summed E-state index contributed by atoms with van der Waals surface area (Å²) in [5, 5.41) is 8.80. The third-order valence-corrected chi connectivity index (χ3v) is 2.49. The predicted molar refractivity (Wildman–Crippen MR) is 55.7 cm³/mol. The van der Waals surface area contributed by atoms with Crippen molar-refractivity contribution in [1.82, 2.24) is 0 Å². The van der Waals surface area contributed by atoms with Crippen LogP contribution in [0.3, 0.4) is 0 Å². The fraction of sp³-hybridized carbons (Fsp3) is 0.300. The van der Waals surface area contributed by atoms with E-state index in [0.717, 1.165) is 12.1 Å². The van der Waals surface area contributed by atoms with Gasteiger partial charge in [-0.1, -0.05) is 18.2 Å². The van der Waals surface area contributed by atoms with Crippen LogP contribution in [0.4, 0.5) is 13.2 Å². The lowest BCUT2D eigenvalue weighted by Gasteiger charge is -2.16. The third-order valence-electron chi connectivity index (χ3n) is 2.12. The average Bonchev–Trinajstić information content (AvgIpc) is 2.17. The molecule has 0 amide bonds. The van der Waals surface area contributed by atoms with E-state index in [2.05, 4.69) is 12.6 Å². The molecule has 1 aromatic carbocycles. The number of alkyl halides is 3. The van der Waals surface area contributed by atoms with Gasteiger partial charge in [0.15, 0.2) is 0 Å². The van der Waals surface area contributed by atoms with Gasteiger partial charge < -0.3 is 5.11 Å². The fourth-order valence-corrected chi connectivity index (χ4v) is 1.72. The molecule has 2 nitrogen and oxygen atoms in total. The van der Waals surface area contributed by atoms with Crippen LogP contribution < -0.4 is 0 Å². The fourth-order valence-electron chi connectivity index (χ4n) is 1.37. The van der Waals surface area contributed by atoms with Gasteiger partial charge in [0, 0.05) is 5.75 Å². The summed E-state index contributed by atoms with van der Waals surface area (Å²) in [6, 6.07) is 4.64. The molecule has 0 saturated heterocycles. The van der Waals surface area contributed by atoms with E-state index in [1.165, 1.54) is 12.1 Å². The van der Waals surface area contributed by atoms with Gasteiger partial charge in [-0.15, -0.1) is 0 Å². The second-order valence-corrected chi connectivity index (χ2v) is 3.52. The number of aliphatic carboxylic acids is 1. The van der Waals surface area contributed by atoms with E-state index < -0.39 is 23.6 Å². The van der Waals surface area contributed by atoms with Crippen molar-refractivity contribution in [2.75, 3.05) is 5.75 Å². The van der Waals surface area contributed by atoms with Crippen LogP contribution >= 0.6 is 12.6 Å². The maximum atomic E-state index is 12.6. The Balaban J connectivity index is 3.27. The van der Waals surface area contributed by atoms with Gasteiger partial charge in [-0.3, -0.25) is 4.79 Å². The van der Waals surface area contributed by atoms with Gasteiger partial charge in [0.25, 0.3) is 0 Å². The van der Waals surface area contributed by atoms with Crippen molar-refractivity contribution in [3.63, 3.8) is 0 Å². The third kappa shape index (κ3) is 2.69. The average molecular weight is 250 g/mol. The molecular formula is C10H9F3O2S. The van der Waals surface area contributed by atoms with Crippen LogP contribution in [0.1, 0.15) is 17.0 Å². The number of carboxylic acids is 1.